The number of ether oxygens (including phenoxy) is 1. The van der Waals surface area contributed by atoms with Crippen molar-refractivity contribution in [2.24, 2.45) is 4.99 Å². The zero-order valence-corrected chi connectivity index (χ0v) is 16.2. The second kappa shape index (κ2) is 11.3. The van der Waals surface area contributed by atoms with E-state index >= 15 is 0 Å². The van der Waals surface area contributed by atoms with Gasteiger partial charge in [0.25, 0.3) is 0 Å². The molecule has 1 N–H and O–H groups in total. The van der Waals surface area contributed by atoms with Crippen LogP contribution in [0.3, 0.4) is 0 Å². The van der Waals surface area contributed by atoms with Crippen LogP contribution >= 0.6 is 0 Å². The molecule has 0 aliphatic heterocycles. The summed E-state index contributed by atoms with van der Waals surface area (Å²) in [5.74, 6) is 1.64. The van der Waals surface area contributed by atoms with E-state index in [1.165, 1.54) is 5.56 Å². The van der Waals surface area contributed by atoms with Crippen LogP contribution in [0, 0.1) is 0 Å². The largest absolute Gasteiger partial charge is 0.497 e. The number of amides is 1. The molecule has 140 valence electrons. The monoisotopic (exact) mass is 348 g/mol. The highest BCUT2D eigenvalue weighted by atomic mass is 16.5. The maximum Gasteiger partial charge on any atom is 0.243 e. The summed E-state index contributed by atoms with van der Waals surface area (Å²) in [7, 11) is 7.17. The third-order valence-corrected chi connectivity index (χ3v) is 3.93. The molecule has 1 amide bonds. The molecule has 1 rings (SSSR count). The van der Waals surface area contributed by atoms with Crippen molar-refractivity contribution < 1.29 is 9.53 Å². The Morgan fingerprint density at radius 3 is 2.44 bits per heavy atom. The van der Waals surface area contributed by atoms with Crippen LogP contribution in [0.15, 0.2) is 29.3 Å². The van der Waals surface area contributed by atoms with E-state index < -0.39 is 0 Å². The van der Waals surface area contributed by atoms with Gasteiger partial charge in [-0.1, -0.05) is 25.5 Å². The topological polar surface area (TPSA) is 57.2 Å². The van der Waals surface area contributed by atoms with E-state index in [1.807, 2.05) is 19.2 Å². The van der Waals surface area contributed by atoms with Crippen molar-refractivity contribution in [3.8, 4) is 5.75 Å². The molecule has 1 aromatic carbocycles. The van der Waals surface area contributed by atoms with Crippen LogP contribution in [0.5, 0.6) is 5.75 Å². The van der Waals surface area contributed by atoms with Crippen LogP contribution in [0.4, 0.5) is 0 Å². The summed E-state index contributed by atoms with van der Waals surface area (Å²) < 4.78 is 5.18. The highest BCUT2D eigenvalue weighted by molar-refractivity contribution is 5.84. The third-order valence-electron chi connectivity index (χ3n) is 3.93. The molecular weight excluding hydrogens is 316 g/mol. The van der Waals surface area contributed by atoms with Crippen molar-refractivity contribution in [1.82, 2.24) is 15.1 Å². The molecule has 6 heteroatoms. The van der Waals surface area contributed by atoms with Gasteiger partial charge in [0, 0.05) is 34.2 Å². The lowest BCUT2D eigenvalue weighted by Crippen LogP contribution is -2.41. The standard InChI is InChI=1S/C19H32N4O2/c1-6-7-14-23(4)19(21-15-18(24)22(2)3)20-13-12-16-8-10-17(25-5)11-9-16/h8-11H,6-7,12-15H2,1-5H3,(H,20,21). The molecular formula is C19H32N4O2. The fourth-order valence-corrected chi connectivity index (χ4v) is 2.21. The van der Waals surface area contributed by atoms with Gasteiger partial charge in [0.05, 0.1) is 7.11 Å². The Kier molecular flexibility index (Phi) is 9.43. The first kappa shape index (κ1) is 20.8. The number of benzene rings is 1. The van der Waals surface area contributed by atoms with Crippen LogP contribution in [0.1, 0.15) is 25.3 Å². The number of unbranched alkanes of at least 4 members (excludes halogenated alkanes) is 1. The van der Waals surface area contributed by atoms with Crippen LogP contribution in [-0.2, 0) is 11.2 Å². The van der Waals surface area contributed by atoms with Crippen LogP contribution in [-0.4, -0.2) is 69.6 Å². The van der Waals surface area contributed by atoms with Gasteiger partial charge < -0.3 is 19.9 Å². The Labute approximate surface area is 151 Å². The summed E-state index contributed by atoms with van der Waals surface area (Å²) in [5.41, 5.74) is 1.23. The molecule has 0 aromatic heterocycles. The minimum absolute atomic E-state index is 0.00153. The van der Waals surface area contributed by atoms with Gasteiger partial charge in [-0.15, -0.1) is 0 Å². The predicted molar refractivity (Wildman–Crippen MR) is 103 cm³/mol. The predicted octanol–water partition coefficient (Wildman–Crippen LogP) is 2.00. The maximum absolute atomic E-state index is 11.8. The van der Waals surface area contributed by atoms with E-state index in [0.717, 1.165) is 44.1 Å². The molecule has 0 bridgehead atoms. The summed E-state index contributed by atoms with van der Waals surface area (Å²) >= 11 is 0. The van der Waals surface area contributed by atoms with Gasteiger partial charge in [-0.2, -0.15) is 0 Å². The van der Waals surface area contributed by atoms with Gasteiger partial charge in [0.15, 0.2) is 5.96 Å². The molecule has 0 heterocycles. The summed E-state index contributed by atoms with van der Waals surface area (Å²) in [5, 5.41) is 3.37. The third kappa shape index (κ3) is 7.92. The Hall–Kier alpha value is -2.24. The molecule has 0 spiro atoms. The number of rotatable bonds is 9. The van der Waals surface area contributed by atoms with E-state index in [9.17, 15) is 4.79 Å². The van der Waals surface area contributed by atoms with Gasteiger partial charge in [-0.05, 0) is 30.5 Å². The molecule has 0 fully saturated rings. The van der Waals surface area contributed by atoms with Gasteiger partial charge in [-0.3, -0.25) is 4.79 Å². The fraction of sp³-hybridized carbons (Fsp3) is 0.579. The highest BCUT2D eigenvalue weighted by Crippen LogP contribution is 2.11. The molecule has 6 nitrogen and oxygen atoms in total. The lowest BCUT2D eigenvalue weighted by Gasteiger charge is -2.22. The van der Waals surface area contributed by atoms with E-state index in [0.29, 0.717) is 0 Å². The van der Waals surface area contributed by atoms with Crippen LogP contribution in [0.2, 0.25) is 0 Å². The van der Waals surface area contributed by atoms with Crippen molar-refractivity contribution in [3.05, 3.63) is 29.8 Å². The number of aliphatic imine (C=N–C) groups is 1. The van der Waals surface area contributed by atoms with Crippen molar-refractivity contribution in [2.45, 2.75) is 26.2 Å². The first-order valence-corrected chi connectivity index (χ1v) is 8.80. The molecule has 1 aromatic rings. The molecule has 0 atom stereocenters. The minimum Gasteiger partial charge on any atom is -0.497 e. The quantitative estimate of drug-likeness (QED) is 0.548. The van der Waals surface area contributed by atoms with Crippen molar-refractivity contribution in [2.75, 3.05) is 47.9 Å². The number of guanidine groups is 1. The van der Waals surface area contributed by atoms with E-state index in [4.69, 9.17) is 4.74 Å². The Bertz CT molecular complexity index is 541. The van der Waals surface area contributed by atoms with Crippen LogP contribution < -0.4 is 10.1 Å². The van der Waals surface area contributed by atoms with Crippen LogP contribution in [0.25, 0.3) is 0 Å². The number of carbonyl (C=O) groups is 1. The maximum atomic E-state index is 11.8. The van der Waals surface area contributed by atoms with Crippen molar-refractivity contribution in [1.29, 1.82) is 0 Å². The fourth-order valence-electron chi connectivity index (χ4n) is 2.21. The van der Waals surface area contributed by atoms with E-state index in [2.05, 4.69) is 34.3 Å². The lowest BCUT2D eigenvalue weighted by atomic mass is 10.1. The summed E-state index contributed by atoms with van der Waals surface area (Å²) in [6.45, 7) is 4.00. The van der Waals surface area contributed by atoms with E-state index in [1.54, 1.807) is 26.1 Å². The summed E-state index contributed by atoms with van der Waals surface area (Å²) in [6, 6.07) is 8.06. The van der Waals surface area contributed by atoms with Gasteiger partial charge in [0.2, 0.25) is 5.91 Å². The summed E-state index contributed by atoms with van der Waals surface area (Å²) in [6.07, 6.45) is 3.10. The summed E-state index contributed by atoms with van der Waals surface area (Å²) in [4.78, 5) is 19.9. The SMILES string of the molecule is CCCCN(C)C(=NCC(=O)N(C)C)NCCc1ccc(OC)cc1. The number of carbonyl (C=O) groups excluding carboxylic acids is 1. The number of hydrogen-bond donors (Lipinski definition) is 1. The Balaban J connectivity index is 2.61. The van der Waals surface area contributed by atoms with Gasteiger partial charge >= 0.3 is 0 Å². The molecule has 0 saturated heterocycles. The molecule has 0 saturated carbocycles. The second-order valence-electron chi connectivity index (χ2n) is 6.23. The van der Waals surface area contributed by atoms with Crippen molar-refractivity contribution in [3.63, 3.8) is 0 Å². The van der Waals surface area contributed by atoms with Crippen molar-refractivity contribution >= 4 is 11.9 Å². The Morgan fingerprint density at radius 1 is 1.20 bits per heavy atom. The Morgan fingerprint density at radius 2 is 1.88 bits per heavy atom. The smallest absolute Gasteiger partial charge is 0.243 e. The average molecular weight is 348 g/mol. The first-order chi connectivity index (χ1) is 12.0. The second-order valence-corrected chi connectivity index (χ2v) is 6.23. The average Bonchev–Trinajstić information content (AvgIpc) is 2.62. The molecule has 0 unspecified atom stereocenters. The number of nitrogens with zero attached hydrogens (tertiary/aromatic N) is 3. The molecule has 25 heavy (non-hydrogen) atoms. The number of nitrogens with one attached hydrogen (secondary N) is 1. The number of likely N-dealkylation sites (N-methyl/N-ethyl adjacent to an activating group) is 1. The number of methoxy groups -OCH3 is 1. The minimum atomic E-state index is -0.00153. The highest BCUT2D eigenvalue weighted by Gasteiger charge is 2.08. The molecule has 0 aliphatic carbocycles. The lowest BCUT2D eigenvalue weighted by molar-refractivity contribution is -0.127. The zero-order chi connectivity index (χ0) is 18.7. The first-order valence-electron chi connectivity index (χ1n) is 8.80. The normalized spacial score (nSPS) is 11.2. The van der Waals surface area contributed by atoms with E-state index in [-0.39, 0.29) is 12.5 Å². The number of hydrogen-bond acceptors (Lipinski definition) is 3. The van der Waals surface area contributed by atoms with Gasteiger partial charge in [0.1, 0.15) is 12.3 Å². The molecule has 0 aliphatic rings. The zero-order valence-electron chi connectivity index (χ0n) is 16.2. The van der Waals surface area contributed by atoms with Gasteiger partial charge in [-0.25, -0.2) is 4.99 Å². The molecule has 0 radical (unpaired) electrons.